The van der Waals surface area contributed by atoms with E-state index in [4.69, 9.17) is 13.3 Å². The molecule has 1 rings (SSSR count). The van der Waals surface area contributed by atoms with Crippen LogP contribution in [0.15, 0.2) is 0 Å². The Morgan fingerprint density at radius 3 is 2.50 bits per heavy atom. The van der Waals surface area contributed by atoms with E-state index in [1.807, 2.05) is 19.6 Å². The highest BCUT2D eigenvalue weighted by Gasteiger charge is 2.32. The minimum absolute atomic E-state index is 0.0312. The highest BCUT2D eigenvalue weighted by Crippen LogP contribution is 2.20. The van der Waals surface area contributed by atoms with Crippen molar-refractivity contribution in [3.63, 3.8) is 0 Å². The second-order valence-corrected chi connectivity index (χ2v) is 11.5. The molecule has 0 aromatic carbocycles. The Balaban J connectivity index is 2.53. The van der Waals surface area contributed by atoms with Gasteiger partial charge in [0.05, 0.1) is 25.4 Å². The number of esters is 1. The van der Waals surface area contributed by atoms with Gasteiger partial charge in [0.1, 0.15) is 6.10 Å². The predicted molar refractivity (Wildman–Crippen MR) is 68.1 cm³/mol. The Hall–Kier alpha value is -0.443. The largest absolute Gasteiger partial charge is 0.460 e. The van der Waals surface area contributed by atoms with Gasteiger partial charge in [0, 0.05) is 6.42 Å². The van der Waals surface area contributed by atoms with E-state index in [1.165, 1.54) is 0 Å². The summed E-state index contributed by atoms with van der Waals surface area (Å²) < 4.78 is 37.7. The fraction of sp³-hybridized carbons (Fsp3) is 0.900. The molecule has 0 radical (unpaired) electrons. The van der Waals surface area contributed by atoms with Gasteiger partial charge in [-0.15, -0.1) is 0 Å². The third-order valence-electron chi connectivity index (χ3n) is 2.23. The molecule has 2 atom stereocenters. The monoisotopic (exact) mass is 296 g/mol. The number of ether oxygens (including phenoxy) is 1. The molecule has 1 saturated heterocycles. The zero-order chi connectivity index (χ0) is 14.0. The number of rotatable bonds is 5. The number of hydrogen-bond acceptors (Lipinski definition) is 6. The first-order chi connectivity index (χ1) is 8.05. The third-order valence-corrected chi connectivity index (χ3v) is 3.89. The van der Waals surface area contributed by atoms with E-state index >= 15 is 0 Å². The normalized spacial score (nSPS) is 25.9. The topological polar surface area (TPSA) is 78.9 Å². The predicted octanol–water partition coefficient (Wildman–Crippen LogP) is 0.888. The van der Waals surface area contributed by atoms with Crippen molar-refractivity contribution in [1.82, 2.24) is 0 Å². The second-order valence-electron chi connectivity index (χ2n) is 5.40. The summed E-state index contributed by atoms with van der Waals surface area (Å²) in [5.41, 5.74) is 0. The number of carbonyl (C=O) groups excluding carboxylic acids is 1. The molecule has 18 heavy (non-hydrogen) atoms. The van der Waals surface area contributed by atoms with Crippen molar-refractivity contribution in [2.24, 2.45) is 0 Å². The number of hydrogen-bond donors (Lipinski definition) is 0. The molecule has 0 aliphatic carbocycles. The van der Waals surface area contributed by atoms with Gasteiger partial charge in [0.2, 0.25) is 0 Å². The van der Waals surface area contributed by atoms with Crippen LogP contribution in [0.5, 0.6) is 0 Å². The van der Waals surface area contributed by atoms with Gasteiger partial charge in [0.25, 0.3) is 10.1 Å². The molecule has 0 aromatic heterocycles. The molecule has 0 unspecified atom stereocenters. The summed E-state index contributed by atoms with van der Waals surface area (Å²) in [6.07, 6.45) is 0.224. The summed E-state index contributed by atoms with van der Waals surface area (Å²) in [4.78, 5) is 11.4. The van der Waals surface area contributed by atoms with Crippen LogP contribution in [-0.4, -0.2) is 47.8 Å². The molecular formula is C10H20O6SSi. The molecule has 0 spiro atoms. The van der Waals surface area contributed by atoms with E-state index in [1.54, 1.807) is 0 Å². The lowest BCUT2D eigenvalue weighted by Gasteiger charge is -2.29. The first-order valence-corrected chi connectivity index (χ1v) is 11.0. The molecule has 8 heteroatoms. The van der Waals surface area contributed by atoms with Crippen molar-refractivity contribution in [3.8, 4) is 0 Å². The molecule has 0 aromatic rings. The Labute approximate surface area is 109 Å². The van der Waals surface area contributed by atoms with Crippen molar-refractivity contribution < 1.29 is 26.6 Å². The van der Waals surface area contributed by atoms with Crippen molar-refractivity contribution in [2.75, 3.05) is 12.9 Å². The van der Waals surface area contributed by atoms with Crippen LogP contribution in [0.3, 0.4) is 0 Å². The molecule has 1 fully saturated rings. The van der Waals surface area contributed by atoms with Gasteiger partial charge in [-0.3, -0.25) is 8.98 Å². The number of cyclic esters (lactones) is 1. The van der Waals surface area contributed by atoms with Crippen LogP contribution < -0.4 is 0 Å². The van der Waals surface area contributed by atoms with E-state index in [2.05, 4.69) is 0 Å². The average Bonchev–Trinajstić information content (AvgIpc) is 2.09. The SMILES string of the molecule is C[Si](C)(C)OC[C@@H]1C[C@H](OS(C)(=O)=O)CC(=O)O1. The maximum absolute atomic E-state index is 11.4. The molecule has 6 nitrogen and oxygen atoms in total. The summed E-state index contributed by atoms with van der Waals surface area (Å²) >= 11 is 0. The standard InChI is InChI=1S/C10H20O6SSi/c1-17(12,13)16-8-5-9(15-10(11)6-8)7-14-18(2,3)4/h8-9H,5-7H2,1-4H3/t8-,9-/m0/s1. The van der Waals surface area contributed by atoms with Gasteiger partial charge in [-0.05, 0) is 19.6 Å². The minimum Gasteiger partial charge on any atom is -0.460 e. The lowest BCUT2D eigenvalue weighted by molar-refractivity contribution is -0.160. The first-order valence-electron chi connectivity index (χ1n) is 5.77. The maximum Gasteiger partial charge on any atom is 0.308 e. The van der Waals surface area contributed by atoms with E-state index in [-0.39, 0.29) is 6.42 Å². The van der Waals surface area contributed by atoms with Crippen LogP contribution >= 0.6 is 0 Å². The maximum atomic E-state index is 11.4. The third kappa shape index (κ3) is 6.48. The molecule has 0 N–H and O–H groups in total. The van der Waals surface area contributed by atoms with Crippen LogP contribution in [0, 0.1) is 0 Å². The smallest absolute Gasteiger partial charge is 0.308 e. The highest BCUT2D eigenvalue weighted by atomic mass is 32.2. The van der Waals surface area contributed by atoms with E-state index in [0.29, 0.717) is 13.0 Å². The quantitative estimate of drug-likeness (QED) is 0.426. The van der Waals surface area contributed by atoms with Crippen molar-refractivity contribution in [2.45, 2.75) is 44.7 Å². The summed E-state index contributed by atoms with van der Waals surface area (Å²) in [5, 5.41) is 0. The average molecular weight is 296 g/mol. The molecule has 1 aliphatic rings. The molecule has 106 valence electrons. The fourth-order valence-corrected chi connectivity index (χ4v) is 2.94. The van der Waals surface area contributed by atoms with Crippen LogP contribution in [0.2, 0.25) is 19.6 Å². The summed E-state index contributed by atoms with van der Waals surface area (Å²) in [6, 6.07) is 0. The Morgan fingerprint density at radius 1 is 1.39 bits per heavy atom. The zero-order valence-corrected chi connectivity index (χ0v) is 13.0. The van der Waals surface area contributed by atoms with Gasteiger partial charge in [-0.25, -0.2) is 0 Å². The van der Waals surface area contributed by atoms with Crippen molar-refractivity contribution in [3.05, 3.63) is 0 Å². The molecule has 0 amide bonds. The van der Waals surface area contributed by atoms with Gasteiger partial charge in [-0.1, -0.05) is 0 Å². The zero-order valence-electron chi connectivity index (χ0n) is 11.1. The van der Waals surface area contributed by atoms with E-state index in [0.717, 1.165) is 6.26 Å². The molecule has 1 heterocycles. The second kappa shape index (κ2) is 5.68. The highest BCUT2D eigenvalue weighted by molar-refractivity contribution is 7.86. The summed E-state index contributed by atoms with van der Waals surface area (Å²) in [7, 11) is -5.24. The number of carbonyl (C=O) groups is 1. The van der Waals surface area contributed by atoms with Gasteiger partial charge >= 0.3 is 5.97 Å². The molecule has 0 bridgehead atoms. The van der Waals surface area contributed by atoms with Gasteiger partial charge < -0.3 is 9.16 Å². The van der Waals surface area contributed by atoms with Crippen molar-refractivity contribution in [1.29, 1.82) is 0 Å². The molecule has 0 saturated carbocycles. The van der Waals surface area contributed by atoms with E-state index in [9.17, 15) is 13.2 Å². The Bertz CT molecular complexity index is 399. The van der Waals surface area contributed by atoms with Crippen LogP contribution in [0.1, 0.15) is 12.8 Å². The Morgan fingerprint density at radius 2 is 2.00 bits per heavy atom. The fourth-order valence-electron chi connectivity index (χ4n) is 1.61. The Kier molecular flexibility index (Phi) is 4.93. The van der Waals surface area contributed by atoms with Crippen LogP contribution in [0.25, 0.3) is 0 Å². The van der Waals surface area contributed by atoms with Crippen LogP contribution in [0.4, 0.5) is 0 Å². The molecular weight excluding hydrogens is 276 g/mol. The van der Waals surface area contributed by atoms with Gasteiger partial charge in [0.15, 0.2) is 8.32 Å². The lowest BCUT2D eigenvalue weighted by atomic mass is 10.1. The summed E-state index contributed by atoms with van der Waals surface area (Å²) in [6.45, 7) is 6.39. The summed E-state index contributed by atoms with van der Waals surface area (Å²) in [5.74, 6) is -0.445. The first kappa shape index (κ1) is 15.6. The molecule has 1 aliphatic heterocycles. The lowest BCUT2D eigenvalue weighted by Crippen LogP contribution is -2.40. The van der Waals surface area contributed by atoms with Crippen LogP contribution in [-0.2, 0) is 28.3 Å². The minimum atomic E-state index is -3.55. The van der Waals surface area contributed by atoms with Crippen molar-refractivity contribution >= 4 is 24.4 Å². The van der Waals surface area contributed by atoms with E-state index < -0.39 is 36.6 Å². The van der Waals surface area contributed by atoms with Gasteiger partial charge in [-0.2, -0.15) is 8.42 Å².